The molecule has 0 saturated heterocycles. The number of aryl methyl sites for hydroxylation is 3. The maximum absolute atomic E-state index is 12.5. The van der Waals surface area contributed by atoms with Gasteiger partial charge in [-0.3, -0.25) is 4.79 Å². The standard InChI is InChI=1S/C17H21N5OS2/c1-9-10(2)24-16-13(9)15(23)18-14(19-16)11(3)25-17-21-20-12-7-5-4-6-8-22(12)17/h11H,4-8H2,1-3H3,(H,18,19,23)/t11-/m1/s1. The van der Waals surface area contributed by atoms with Gasteiger partial charge in [-0.1, -0.05) is 18.2 Å². The third-order valence-electron chi connectivity index (χ3n) is 4.80. The molecule has 0 saturated carbocycles. The maximum atomic E-state index is 12.5. The number of aromatic amines is 1. The molecule has 1 aliphatic heterocycles. The van der Waals surface area contributed by atoms with Crippen molar-refractivity contribution in [3.8, 4) is 0 Å². The van der Waals surface area contributed by atoms with Crippen LogP contribution in [0.1, 0.15) is 53.5 Å². The minimum Gasteiger partial charge on any atom is -0.309 e. The normalized spacial score (nSPS) is 16.0. The SMILES string of the molecule is Cc1sc2nc([C@@H](C)Sc3nnc4n3CCCCC4)[nH]c(=O)c2c1C. The molecule has 0 unspecified atom stereocenters. The smallest absolute Gasteiger partial charge is 0.259 e. The summed E-state index contributed by atoms with van der Waals surface area (Å²) in [6.45, 7) is 7.04. The van der Waals surface area contributed by atoms with Crippen LogP contribution in [-0.2, 0) is 13.0 Å². The van der Waals surface area contributed by atoms with Gasteiger partial charge in [0.05, 0.1) is 10.6 Å². The molecule has 4 rings (SSSR count). The third-order valence-corrected chi connectivity index (χ3v) is 6.99. The van der Waals surface area contributed by atoms with Crippen LogP contribution < -0.4 is 5.56 Å². The molecular weight excluding hydrogens is 354 g/mol. The Labute approximate surface area is 154 Å². The molecule has 0 aromatic carbocycles. The zero-order chi connectivity index (χ0) is 17.6. The fraction of sp³-hybridized carbons (Fsp3) is 0.529. The molecule has 0 radical (unpaired) electrons. The van der Waals surface area contributed by atoms with Crippen molar-refractivity contribution in [2.45, 2.75) is 63.4 Å². The number of H-pyrrole nitrogens is 1. The van der Waals surface area contributed by atoms with Gasteiger partial charge in [-0.05, 0) is 39.2 Å². The average molecular weight is 376 g/mol. The Morgan fingerprint density at radius 2 is 2.08 bits per heavy atom. The third kappa shape index (κ3) is 3.01. The van der Waals surface area contributed by atoms with Crippen LogP contribution in [0.25, 0.3) is 10.2 Å². The second-order valence-corrected chi connectivity index (χ2v) is 9.05. The highest BCUT2D eigenvalue weighted by Gasteiger charge is 2.20. The van der Waals surface area contributed by atoms with Gasteiger partial charge in [0.15, 0.2) is 5.16 Å². The summed E-state index contributed by atoms with van der Waals surface area (Å²) < 4.78 is 2.23. The Hall–Kier alpha value is -1.67. The van der Waals surface area contributed by atoms with E-state index >= 15 is 0 Å². The van der Waals surface area contributed by atoms with E-state index in [9.17, 15) is 4.79 Å². The Kier molecular flexibility index (Phi) is 4.41. The zero-order valence-electron chi connectivity index (χ0n) is 14.6. The van der Waals surface area contributed by atoms with Gasteiger partial charge in [-0.15, -0.1) is 21.5 Å². The Morgan fingerprint density at radius 3 is 2.92 bits per heavy atom. The number of hydrogen-bond acceptors (Lipinski definition) is 6. The van der Waals surface area contributed by atoms with Crippen molar-refractivity contribution in [3.05, 3.63) is 32.4 Å². The van der Waals surface area contributed by atoms with E-state index in [0.29, 0.717) is 5.82 Å². The van der Waals surface area contributed by atoms with Crippen molar-refractivity contribution >= 4 is 33.3 Å². The van der Waals surface area contributed by atoms with Gasteiger partial charge in [-0.2, -0.15) is 0 Å². The molecule has 0 bridgehead atoms. The molecule has 0 aliphatic carbocycles. The monoisotopic (exact) mass is 375 g/mol. The first kappa shape index (κ1) is 16.8. The lowest BCUT2D eigenvalue weighted by molar-refractivity contribution is 0.590. The van der Waals surface area contributed by atoms with Crippen LogP contribution in [0, 0.1) is 13.8 Å². The fourth-order valence-corrected chi connectivity index (χ4v) is 5.21. The van der Waals surface area contributed by atoms with Crippen molar-refractivity contribution in [2.75, 3.05) is 0 Å². The molecule has 3 aromatic heterocycles. The molecule has 1 aliphatic rings. The van der Waals surface area contributed by atoms with E-state index in [2.05, 4.69) is 26.7 Å². The summed E-state index contributed by atoms with van der Waals surface area (Å²) in [5.41, 5.74) is 0.984. The molecule has 25 heavy (non-hydrogen) atoms. The summed E-state index contributed by atoms with van der Waals surface area (Å²) >= 11 is 3.20. The van der Waals surface area contributed by atoms with E-state index in [1.807, 2.05) is 13.8 Å². The molecule has 6 nitrogen and oxygen atoms in total. The van der Waals surface area contributed by atoms with Crippen LogP contribution in [-0.4, -0.2) is 24.7 Å². The molecule has 8 heteroatoms. The van der Waals surface area contributed by atoms with Gasteiger partial charge >= 0.3 is 0 Å². The first-order chi connectivity index (χ1) is 12.0. The van der Waals surface area contributed by atoms with E-state index in [0.717, 1.165) is 44.6 Å². The number of aromatic nitrogens is 5. The largest absolute Gasteiger partial charge is 0.309 e. The minimum absolute atomic E-state index is 0.0105. The Bertz CT molecular complexity index is 987. The predicted molar refractivity (Wildman–Crippen MR) is 102 cm³/mol. The first-order valence-electron chi connectivity index (χ1n) is 8.63. The first-order valence-corrected chi connectivity index (χ1v) is 10.3. The van der Waals surface area contributed by atoms with Crippen molar-refractivity contribution in [2.24, 2.45) is 0 Å². The van der Waals surface area contributed by atoms with Crippen LogP contribution >= 0.6 is 23.1 Å². The van der Waals surface area contributed by atoms with Crippen LogP contribution in [0.4, 0.5) is 0 Å². The van der Waals surface area contributed by atoms with Crippen molar-refractivity contribution in [3.63, 3.8) is 0 Å². The van der Waals surface area contributed by atoms with Crippen LogP contribution in [0.5, 0.6) is 0 Å². The van der Waals surface area contributed by atoms with Gasteiger partial charge in [0.1, 0.15) is 16.5 Å². The molecule has 3 aromatic rings. The highest BCUT2D eigenvalue weighted by atomic mass is 32.2. The van der Waals surface area contributed by atoms with E-state index in [-0.39, 0.29) is 10.8 Å². The second-order valence-electron chi connectivity index (χ2n) is 6.54. The number of thiophene rings is 1. The predicted octanol–water partition coefficient (Wildman–Crippen LogP) is 3.77. The van der Waals surface area contributed by atoms with E-state index < -0.39 is 0 Å². The summed E-state index contributed by atoms with van der Waals surface area (Å²) in [4.78, 5) is 22.1. The minimum atomic E-state index is -0.0469. The van der Waals surface area contributed by atoms with E-state index in [1.165, 1.54) is 19.3 Å². The Balaban J connectivity index is 1.66. The molecule has 4 heterocycles. The lowest BCUT2D eigenvalue weighted by Gasteiger charge is -2.11. The number of fused-ring (bicyclic) bond motifs is 2. The van der Waals surface area contributed by atoms with E-state index in [1.54, 1.807) is 23.1 Å². The lowest BCUT2D eigenvalue weighted by Crippen LogP contribution is -2.13. The number of hydrogen-bond donors (Lipinski definition) is 1. The van der Waals surface area contributed by atoms with Crippen LogP contribution in [0.2, 0.25) is 0 Å². The van der Waals surface area contributed by atoms with Crippen LogP contribution in [0.15, 0.2) is 9.95 Å². The number of thioether (sulfide) groups is 1. The molecule has 132 valence electrons. The average Bonchev–Trinajstić information content (AvgIpc) is 2.98. The maximum Gasteiger partial charge on any atom is 0.259 e. The van der Waals surface area contributed by atoms with Crippen LogP contribution in [0.3, 0.4) is 0 Å². The second kappa shape index (κ2) is 6.57. The highest BCUT2D eigenvalue weighted by Crippen LogP contribution is 2.34. The van der Waals surface area contributed by atoms with Gasteiger partial charge in [0, 0.05) is 17.8 Å². The fourth-order valence-electron chi connectivity index (χ4n) is 3.22. The zero-order valence-corrected chi connectivity index (χ0v) is 16.3. The Morgan fingerprint density at radius 1 is 1.24 bits per heavy atom. The van der Waals surface area contributed by atoms with Gasteiger partial charge < -0.3 is 9.55 Å². The number of nitrogens with zero attached hydrogens (tertiary/aromatic N) is 4. The van der Waals surface area contributed by atoms with Crippen molar-refractivity contribution in [1.82, 2.24) is 24.7 Å². The molecule has 0 amide bonds. The van der Waals surface area contributed by atoms with Crippen molar-refractivity contribution in [1.29, 1.82) is 0 Å². The molecule has 1 N–H and O–H groups in total. The van der Waals surface area contributed by atoms with E-state index in [4.69, 9.17) is 4.98 Å². The molecular formula is C17H21N5OS2. The number of nitrogens with one attached hydrogen (secondary N) is 1. The lowest BCUT2D eigenvalue weighted by atomic mass is 10.2. The van der Waals surface area contributed by atoms with Crippen molar-refractivity contribution < 1.29 is 0 Å². The van der Waals surface area contributed by atoms with Gasteiger partial charge in [0.25, 0.3) is 5.56 Å². The van der Waals surface area contributed by atoms with Gasteiger partial charge in [0.2, 0.25) is 0 Å². The summed E-state index contributed by atoms with van der Waals surface area (Å²) in [5, 5.41) is 10.4. The summed E-state index contributed by atoms with van der Waals surface area (Å²) in [6.07, 6.45) is 4.59. The number of rotatable bonds is 3. The summed E-state index contributed by atoms with van der Waals surface area (Å²) in [7, 11) is 0. The summed E-state index contributed by atoms with van der Waals surface area (Å²) in [5.74, 6) is 1.78. The quantitative estimate of drug-likeness (QED) is 0.705. The highest BCUT2D eigenvalue weighted by molar-refractivity contribution is 7.99. The summed E-state index contributed by atoms with van der Waals surface area (Å²) in [6, 6.07) is 0. The molecule has 1 atom stereocenters. The molecule has 0 fully saturated rings. The topological polar surface area (TPSA) is 76.5 Å². The van der Waals surface area contributed by atoms with Gasteiger partial charge in [-0.25, -0.2) is 4.98 Å². The molecule has 0 spiro atoms.